The average molecular weight is 274 g/mol. The second-order valence-corrected chi connectivity index (χ2v) is 4.84. The van der Waals surface area contributed by atoms with Gasteiger partial charge in [0.15, 0.2) is 0 Å². The molecule has 0 spiro atoms. The van der Waals surface area contributed by atoms with Crippen molar-refractivity contribution in [1.82, 2.24) is 10.3 Å². The fourth-order valence-corrected chi connectivity index (χ4v) is 2.43. The molecule has 2 aromatic rings. The molecule has 1 atom stereocenters. The Labute approximate surface area is 118 Å². The smallest absolute Gasteiger partial charge is 0.141 e. The van der Waals surface area contributed by atoms with Crippen LogP contribution in [0, 0.1) is 19.7 Å². The molecule has 0 aliphatic heterocycles. The number of aryl methyl sites for hydroxylation is 2. The Balaban J connectivity index is 2.49. The van der Waals surface area contributed by atoms with Gasteiger partial charge in [0.2, 0.25) is 0 Å². The number of benzene rings is 1. The number of pyridine rings is 1. The third-order valence-electron chi connectivity index (χ3n) is 3.44. The van der Waals surface area contributed by atoms with Gasteiger partial charge in [-0.2, -0.15) is 0 Å². The first kappa shape index (κ1) is 14.5. The summed E-state index contributed by atoms with van der Waals surface area (Å²) in [6.07, 6.45) is 2.89. The van der Waals surface area contributed by atoms with E-state index in [1.165, 1.54) is 12.3 Å². The normalized spacial score (nSPS) is 12.2. The summed E-state index contributed by atoms with van der Waals surface area (Å²) in [4.78, 5) is 3.92. The lowest BCUT2D eigenvalue weighted by Gasteiger charge is -2.21. The zero-order chi connectivity index (χ0) is 14.7. The zero-order valence-corrected chi connectivity index (χ0v) is 12.2. The molecule has 0 aliphatic carbocycles. The van der Waals surface area contributed by atoms with Crippen molar-refractivity contribution < 1.29 is 9.13 Å². The number of ether oxygens (including phenoxy) is 1. The SMILES string of the molecule is CNC(c1cncc(F)c1)c1cc(C)c(OC)cc1C. The molecular weight excluding hydrogens is 255 g/mol. The molecule has 1 heterocycles. The minimum absolute atomic E-state index is 0.0946. The maximum atomic E-state index is 13.4. The van der Waals surface area contributed by atoms with E-state index in [9.17, 15) is 4.39 Å². The van der Waals surface area contributed by atoms with Crippen molar-refractivity contribution in [2.75, 3.05) is 14.2 Å². The molecule has 1 aromatic heterocycles. The Kier molecular flexibility index (Phi) is 4.35. The highest BCUT2D eigenvalue weighted by Crippen LogP contribution is 2.30. The maximum Gasteiger partial charge on any atom is 0.141 e. The van der Waals surface area contributed by atoms with E-state index < -0.39 is 0 Å². The highest BCUT2D eigenvalue weighted by Gasteiger charge is 2.17. The number of methoxy groups -OCH3 is 1. The van der Waals surface area contributed by atoms with E-state index in [2.05, 4.69) is 16.4 Å². The van der Waals surface area contributed by atoms with Gasteiger partial charge in [-0.15, -0.1) is 0 Å². The van der Waals surface area contributed by atoms with Crippen LogP contribution in [-0.2, 0) is 0 Å². The van der Waals surface area contributed by atoms with E-state index in [-0.39, 0.29) is 11.9 Å². The molecule has 106 valence electrons. The Morgan fingerprint density at radius 3 is 2.50 bits per heavy atom. The van der Waals surface area contributed by atoms with Crippen molar-refractivity contribution >= 4 is 0 Å². The summed E-state index contributed by atoms with van der Waals surface area (Å²) in [6.45, 7) is 4.02. The van der Waals surface area contributed by atoms with Crippen LogP contribution >= 0.6 is 0 Å². The van der Waals surface area contributed by atoms with Gasteiger partial charge < -0.3 is 10.1 Å². The van der Waals surface area contributed by atoms with Gasteiger partial charge in [-0.25, -0.2) is 4.39 Å². The Hall–Kier alpha value is -1.94. The summed E-state index contributed by atoms with van der Waals surface area (Å²) < 4.78 is 18.7. The number of nitrogens with one attached hydrogen (secondary N) is 1. The van der Waals surface area contributed by atoms with Crippen molar-refractivity contribution in [3.05, 3.63) is 58.7 Å². The summed E-state index contributed by atoms with van der Waals surface area (Å²) in [5, 5.41) is 3.22. The van der Waals surface area contributed by atoms with Crippen LogP contribution in [0.15, 0.2) is 30.6 Å². The minimum Gasteiger partial charge on any atom is -0.496 e. The van der Waals surface area contributed by atoms with Gasteiger partial charge in [0.25, 0.3) is 0 Å². The predicted octanol–water partition coefficient (Wildman–Crippen LogP) is 3.15. The predicted molar refractivity (Wildman–Crippen MR) is 77.6 cm³/mol. The van der Waals surface area contributed by atoms with Gasteiger partial charge in [-0.05, 0) is 55.3 Å². The fourth-order valence-electron chi connectivity index (χ4n) is 2.43. The molecule has 2 rings (SSSR count). The van der Waals surface area contributed by atoms with Crippen LogP contribution in [0.4, 0.5) is 4.39 Å². The van der Waals surface area contributed by atoms with Crippen LogP contribution in [0.25, 0.3) is 0 Å². The van der Waals surface area contributed by atoms with Gasteiger partial charge in [0.05, 0.1) is 19.3 Å². The first-order valence-corrected chi connectivity index (χ1v) is 6.49. The van der Waals surface area contributed by atoms with Crippen LogP contribution in [0.2, 0.25) is 0 Å². The van der Waals surface area contributed by atoms with Crippen molar-refractivity contribution in [3.63, 3.8) is 0 Å². The van der Waals surface area contributed by atoms with Crippen molar-refractivity contribution in [3.8, 4) is 5.75 Å². The first-order valence-electron chi connectivity index (χ1n) is 6.49. The molecule has 0 aliphatic rings. The van der Waals surface area contributed by atoms with E-state index in [4.69, 9.17) is 4.74 Å². The van der Waals surface area contributed by atoms with E-state index in [0.29, 0.717) is 0 Å². The number of hydrogen-bond acceptors (Lipinski definition) is 3. The maximum absolute atomic E-state index is 13.4. The monoisotopic (exact) mass is 274 g/mol. The second kappa shape index (κ2) is 6.01. The summed E-state index contributed by atoms with van der Waals surface area (Å²) in [5.41, 5.74) is 4.05. The molecule has 1 N–H and O–H groups in total. The van der Waals surface area contributed by atoms with Gasteiger partial charge in [-0.3, -0.25) is 4.98 Å². The average Bonchev–Trinajstić information content (AvgIpc) is 2.43. The van der Waals surface area contributed by atoms with Gasteiger partial charge in [0, 0.05) is 6.20 Å². The molecular formula is C16H19FN2O. The Bertz CT molecular complexity index is 613. The van der Waals surface area contributed by atoms with Gasteiger partial charge in [-0.1, -0.05) is 6.07 Å². The van der Waals surface area contributed by atoms with E-state index >= 15 is 0 Å². The standard InChI is InChI=1S/C16H19FN2O/c1-10-6-15(20-4)11(2)5-14(10)16(18-3)12-7-13(17)9-19-8-12/h5-9,16,18H,1-4H3. The quantitative estimate of drug-likeness (QED) is 0.930. The number of hydrogen-bond donors (Lipinski definition) is 1. The largest absolute Gasteiger partial charge is 0.496 e. The molecule has 0 fully saturated rings. The van der Waals surface area contributed by atoms with Gasteiger partial charge in [0.1, 0.15) is 11.6 Å². The van der Waals surface area contributed by atoms with Crippen molar-refractivity contribution in [2.24, 2.45) is 0 Å². The number of aromatic nitrogens is 1. The highest BCUT2D eigenvalue weighted by molar-refractivity contribution is 5.45. The zero-order valence-electron chi connectivity index (χ0n) is 12.2. The number of halogens is 1. The fraction of sp³-hybridized carbons (Fsp3) is 0.312. The summed E-state index contributed by atoms with van der Waals surface area (Å²) >= 11 is 0. The lowest BCUT2D eigenvalue weighted by atomic mass is 9.94. The van der Waals surface area contributed by atoms with Crippen LogP contribution in [0.3, 0.4) is 0 Å². The summed E-state index contributed by atoms with van der Waals surface area (Å²) in [6, 6.07) is 5.48. The first-order chi connectivity index (χ1) is 9.56. The lowest BCUT2D eigenvalue weighted by Crippen LogP contribution is -2.19. The van der Waals surface area contributed by atoms with E-state index in [0.717, 1.165) is 28.0 Å². The molecule has 1 aromatic carbocycles. The molecule has 3 nitrogen and oxygen atoms in total. The molecule has 20 heavy (non-hydrogen) atoms. The molecule has 0 bridgehead atoms. The van der Waals surface area contributed by atoms with Crippen LogP contribution in [0.5, 0.6) is 5.75 Å². The third-order valence-corrected chi connectivity index (χ3v) is 3.44. The molecule has 0 amide bonds. The van der Waals surface area contributed by atoms with Gasteiger partial charge >= 0.3 is 0 Å². The third kappa shape index (κ3) is 2.80. The molecule has 0 saturated carbocycles. The van der Waals surface area contributed by atoms with Crippen LogP contribution in [-0.4, -0.2) is 19.1 Å². The highest BCUT2D eigenvalue weighted by atomic mass is 19.1. The Morgan fingerprint density at radius 1 is 1.15 bits per heavy atom. The molecule has 0 radical (unpaired) electrons. The molecule has 1 unspecified atom stereocenters. The second-order valence-electron chi connectivity index (χ2n) is 4.84. The van der Waals surface area contributed by atoms with Crippen molar-refractivity contribution in [2.45, 2.75) is 19.9 Å². The molecule has 4 heteroatoms. The topological polar surface area (TPSA) is 34.2 Å². The van der Waals surface area contributed by atoms with Crippen molar-refractivity contribution in [1.29, 1.82) is 0 Å². The number of rotatable bonds is 4. The molecule has 0 saturated heterocycles. The van der Waals surface area contributed by atoms with Crippen LogP contribution < -0.4 is 10.1 Å². The van der Waals surface area contributed by atoms with E-state index in [1.807, 2.05) is 27.0 Å². The van der Waals surface area contributed by atoms with E-state index in [1.54, 1.807) is 13.3 Å². The minimum atomic E-state index is -0.328. The Morgan fingerprint density at radius 2 is 1.90 bits per heavy atom. The van der Waals surface area contributed by atoms with Crippen LogP contribution in [0.1, 0.15) is 28.3 Å². The summed E-state index contributed by atoms with van der Waals surface area (Å²) in [7, 11) is 3.52. The summed E-state index contributed by atoms with van der Waals surface area (Å²) in [5.74, 6) is 0.532. The number of nitrogens with zero attached hydrogens (tertiary/aromatic N) is 1. The lowest BCUT2D eigenvalue weighted by molar-refractivity contribution is 0.411.